The first kappa shape index (κ1) is 16.7. The van der Waals surface area contributed by atoms with Gasteiger partial charge in [0.15, 0.2) is 0 Å². The Labute approximate surface area is 137 Å². The van der Waals surface area contributed by atoms with E-state index in [0.29, 0.717) is 10.7 Å². The number of nitrogens with one attached hydrogen (secondary N) is 2. The van der Waals surface area contributed by atoms with Gasteiger partial charge < -0.3 is 10.5 Å². The first-order chi connectivity index (χ1) is 11.1. The highest BCUT2D eigenvalue weighted by atomic mass is 32.2. The number of rotatable bonds is 5. The quantitative estimate of drug-likeness (QED) is 0.435. The highest BCUT2D eigenvalue weighted by molar-refractivity contribution is 7.98. The van der Waals surface area contributed by atoms with E-state index >= 15 is 0 Å². The van der Waals surface area contributed by atoms with Gasteiger partial charge in [0.25, 0.3) is 0 Å². The van der Waals surface area contributed by atoms with E-state index in [1.807, 2.05) is 18.2 Å². The second-order valence-corrected chi connectivity index (χ2v) is 5.12. The lowest BCUT2D eigenvalue weighted by atomic mass is 10.3. The zero-order valence-electron chi connectivity index (χ0n) is 12.7. The van der Waals surface area contributed by atoms with Crippen molar-refractivity contribution >= 4 is 35.3 Å². The van der Waals surface area contributed by atoms with Crippen molar-refractivity contribution < 1.29 is 14.3 Å². The maximum Gasteiger partial charge on any atom is 0.362 e. The van der Waals surface area contributed by atoms with Crippen molar-refractivity contribution in [1.82, 2.24) is 15.2 Å². The molecule has 0 atom stereocenters. The second kappa shape index (κ2) is 7.54. The van der Waals surface area contributed by atoms with Crippen molar-refractivity contribution in [2.24, 2.45) is 0 Å². The van der Waals surface area contributed by atoms with Crippen molar-refractivity contribution in [2.45, 2.75) is 11.9 Å². The standard InChI is InChI=1S/C14H17N5O3S/c1-3-22-13(20)10-11(15)19(18-12(10)23-2)14(21)17-16-9-7-5-4-6-8-9/h4-8,16H,3,15H2,1-2H3,(H,17,21). The van der Waals surface area contributed by atoms with Gasteiger partial charge in [0, 0.05) is 0 Å². The lowest BCUT2D eigenvalue weighted by Crippen LogP contribution is -2.34. The van der Waals surface area contributed by atoms with Gasteiger partial charge >= 0.3 is 12.0 Å². The van der Waals surface area contributed by atoms with E-state index in [1.165, 1.54) is 11.8 Å². The fraction of sp³-hybridized carbons (Fsp3) is 0.214. The molecule has 0 fully saturated rings. The molecule has 0 saturated carbocycles. The number of hydrogen-bond donors (Lipinski definition) is 3. The number of para-hydroxylation sites is 1. The van der Waals surface area contributed by atoms with E-state index in [1.54, 1.807) is 25.3 Å². The van der Waals surface area contributed by atoms with Crippen molar-refractivity contribution in [2.75, 3.05) is 24.0 Å². The van der Waals surface area contributed by atoms with Crippen LogP contribution in [0.4, 0.5) is 16.3 Å². The minimum atomic E-state index is -0.614. The number of carbonyl (C=O) groups is 2. The number of ether oxygens (including phenoxy) is 1. The normalized spacial score (nSPS) is 10.2. The summed E-state index contributed by atoms with van der Waals surface area (Å²) in [4.78, 5) is 24.1. The van der Waals surface area contributed by atoms with Crippen LogP contribution in [0.1, 0.15) is 17.3 Å². The van der Waals surface area contributed by atoms with Crippen molar-refractivity contribution in [3.63, 3.8) is 0 Å². The third-order valence-electron chi connectivity index (χ3n) is 2.84. The minimum Gasteiger partial charge on any atom is -0.462 e. The molecule has 23 heavy (non-hydrogen) atoms. The molecule has 0 aliphatic carbocycles. The van der Waals surface area contributed by atoms with Crippen LogP contribution < -0.4 is 16.6 Å². The topological polar surface area (TPSA) is 111 Å². The van der Waals surface area contributed by atoms with Crippen molar-refractivity contribution in [1.29, 1.82) is 0 Å². The maximum absolute atomic E-state index is 12.2. The summed E-state index contributed by atoms with van der Waals surface area (Å²) in [5.74, 6) is -0.676. The number of hydrogen-bond acceptors (Lipinski definition) is 7. The molecule has 1 aromatic heterocycles. The van der Waals surface area contributed by atoms with Crippen LogP contribution in [0.5, 0.6) is 0 Å². The number of amides is 1. The predicted molar refractivity (Wildman–Crippen MR) is 88.4 cm³/mol. The number of aromatic nitrogens is 2. The van der Waals surface area contributed by atoms with Crippen LogP contribution in [0, 0.1) is 0 Å². The molecule has 2 aromatic rings. The van der Waals surface area contributed by atoms with Gasteiger partial charge in [-0.05, 0) is 25.3 Å². The number of anilines is 2. The Kier molecular flexibility index (Phi) is 5.47. The maximum atomic E-state index is 12.2. The number of benzene rings is 1. The summed E-state index contributed by atoms with van der Waals surface area (Å²) < 4.78 is 5.87. The summed E-state index contributed by atoms with van der Waals surface area (Å²) in [5.41, 5.74) is 11.9. The number of thioether (sulfide) groups is 1. The van der Waals surface area contributed by atoms with Crippen LogP contribution >= 0.6 is 11.8 Å². The van der Waals surface area contributed by atoms with Gasteiger partial charge in [0.1, 0.15) is 16.4 Å². The van der Waals surface area contributed by atoms with Crippen molar-refractivity contribution in [3.05, 3.63) is 35.9 Å². The second-order valence-electron chi connectivity index (χ2n) is 4.32. The van der Waals surface area contributed by atoms with Gasteiger partial charge in [-0.25, -0.2) is 15.0 Å². The van der Waals surface area contributed by atoms with Crippen LogP contribution in [0.2, 0.25) is 0 Å². The Balaban J connectivity index is 2.19. The zero-order valence-corrected chi connectivity index (χ0v) is 13.5. The lowest BCUT2D eigenvalue weighted by molar-refractivity contribution is 0.0523. The molecule has 0 unspecified atom stereocenters. The summed E-state index contributed by atoms with van der Waals surface area (Å²) in [5, 5.41) is 4.37. The summed E-state index contributed by atoms with van der Waals surface area (Å²) in [6.07, 6.45) is 1.73. The fourth-order valence-electron chi connectivity index (χ4n) is 1.80. The van der Waals surface area contributed by atoms with E-state index in [9.17, 15) is 9.59 Å². The van der Waals surface area contributed by atoms with Gasteiger partial charge in [-0.1, -0.05) is 18.2 Å². The van der Waals surface area contributed by atoms with Crippen LogP contribution in [-0.4, -0.2) is 34.6 Å². The molecule has 8 nitrogen and oxygen atoms in total. The Morgan fingerprint density at radius 2 is 2.04 bits per heavy atom. The number of nitrogen functional groups attached to an aromatic ring is 1. The fourth-order valence-corrected chi connectivity index (χ4v) is 2.36. The number of hydrazine groups is 1. The Hall–Kier alpha value is -2.68. The van der Waals surface area contributed by atoms with Gasteiger partial charge in [-0.2, -0.15) is 9.78 Å². The van der Waals surface area contributed by atoms with E-state index in [0.717, 1.165) is 4.68 Å². The first-order valence-corrected chi connectivity index (χ1v) is 8.02. The molecule has 0 saturated heterocycles. The van der Waals surface area contributed by atoms with Gasteiger partial charge in [-0.15, -0.1) is 11.8 Å². The minimum absolute atomic E-state index is 0.0693. The molecular formula is C14H17N5O3S. The predicted octanol–water partition coefficient (Wildman–Crippen LogP) is 1.95. The smallest absolute Gasteiger partial charge is 0.362 e. The van der Waals surface area contributed by atoms with Crippen LogP contribution in [0.15, 0.2) is 35.4 Å². The SMILES string of the molecule is CCOC(=O)c1c(SC)nn(C(=O)NNc2ccccc2)c1N. The molecule has 122 valence electrons. The number of nitrogens with two attached hydrogens (primary N) is 1. The molecule has 0 aliphatic rings. The Morgan fingerprint density at radius 1 is 1.35 bits per heavy atom. The van der Waals surface area contributed by atoms with E-state index < -0.39 is 12.0 Å². The largest absolute Gasteiger partial charge is 0.462 e. The van der Waals surface area contributed by atoms with Crippen LogP contribution in [0.25, 0.3) is 0 Å². The third-order valence-corrected chi connectivity index (χ3v) is 3.51. The van der Waals surface area contributed by atoms with E-state index in [4.69, 9.17) is 10.5 Å². The molecule has 0 aliphatic heterocycles. The summed E-state index contributed by atoms with van der Waals surface area (Å²) in [6.45, 7) is 1.90. The average molecular weight is 335 g/mol. The first-order valence-electron chi connectivity index (χ1n) is 6.79. The summed E-state index contributed by atoms with van der Waals surface area (Å²) >= 11 is 1.20. The number of esters is 1. The Bertz CT molecular complexity index is 702. The molecule has 2 rings (SSSR count). The van der Waals surface area contributed by atoms with Gasteiger partial charge in [0.2, 0.25) is 0 Å². The number of carbonyl (C=O) groups excluding carboxylic acids is 2. The van der Waals surface area contributed by atoms with Crippen LogP contribution in [0.3, 0.4) is 0 Å². The van der Waals surface area contributed by atoms with Crippen LogP contribution in [-0.2, 0) is 4.74 Å². The van der Waals surface area contributed by atoms with Crippen molar-refractivity contribution in [3.8, 4) is 0 Å². The van der Waals surface area contributed by atoms with Gasteiger partial charge in [0.05, 0.1) is 12.3 Å². The molecule has 0 spiro atoms. The van der Waals surface area contributed by atoms with E-state index in [-0.39, 0.29) is 18.0 Å². The lowest BCUT2D eigenvalue weighted by Gasteiger charge is -2.08. The highest BCUT2D eigenvalue weighted by Gasteiger charge is 2.25. The third kappa shape index (κ3) is 3.75. The average Bonchev–Trinajstić information content (AvgIpc) is 2.90. The van der Waals surface area contributed by atoms with Gasteiger partial charge in [-0.3, -0.25) is 5.43 Å². The monoisotopic (exact) mass is 335 g/mol. The molecular weight excluding hydrogens is 318 g/mol. The molecule has 0 bridgehead atoms. The number of nitrogens with zero attached hydrogens (tertiary/aromatic N) is 2. The summed E-state index contributed by atoms with van der Waals surface area (Å²) in [7, 11) is 0. The van der Waals surface area contributed by atoms with E-state index in [2.05, 4.69) is 16.0 Å². The molecule has 9 heteroatoms. The summed E-state index contributed by atoms with van der Waals surface area (Å²) in [6, 6.07) is 8.45. The molecule has 1 amide bonds. The zero-order chi connectivity index (χ0) is 16.8. The Morgan fingerprint density at radius 3 is 2.65 bits per heavy atom. The highest BCUT2D eigenvalue weighted by Crippen LogP contribution is 2.25. The molecule has 1 aromatic carbocycles. The molecule has 4 N–H and O–H groups in total. The molecule has 0 radical (unpaired) electrons. The molecule has 1 heterocycles.